The number of hydrogen-bond acceptors (Lipinski definition) is 3. The van der Waals surface area contributed by atoms with Crippen LogP contribution in [0.1, 0.15) is 18.4 Å². The molecule has 0 saturated carbocycles. The van der Waals surface area contributed by atoms with E-state index in [1.807, 2.05) is 11.0 Å². The topological polar surface area (TPSA) is 40.5 Å². The second-order valence-electron chi connectivity index (χ2n) is 5.93. The van der Waals surface area contributed by atoms with E-state index >= 15 is 0 Å². The van der Waals surface area contributed by atoms with Gasteiger partial charge in [-0.05, 0) is 36.5 Å². The Bertz CT molecular complexity index is 471. The Morgan fingerprint density at radius 3 is 2.90 bits per heavy atom. The fourth-order valence-electron chi connectivity index (χ4n) is 3.15. The number of likely N-dealkylation sites (tertiary alicyclic amines) is 1. The smallest absolute Gasteiger partial charge is 0.255 e. The zero-order valence-corrected chi connectivity index (χ0v) is 12.4. The van der Waals surface area contributed by atoms with Gasteiger partial charge in [-0.2, -0.15) is 11.8 Å². The molecule has 0 radical (unpaired) electrons. The van der Waals surface area contributed by atoms with Crippen LogP contribution in [-0.4, -0.2) is 46.1 Å². The summed E-state index contributed by atoms with van der Waals surface area (Å²) in [6.07, 6.45) is 2.68. The fraction of sp³-hybridized carbons (Fsp3) is 0.562. The maximum atomic E-state index is 12.4. The normalized spacial score (nSPS) is 29.9. The maximum Gasteiger partial charge on any atom is 0.255 e. The molecular weight excluding hydrogens is 270 g/mol. The van der Waals surface area contributed by atoms with Crippen LogP contribution in [0.25, 0.3) is 0 Å². The number of amides is 1. The molecule has 3 rings (SSSR count). The van der Waals surface area contributed by atoms with E-state index in [9.17, 15) is 9.90 Å². The molecule has 2 aliphatic heterocycles. The van der Waals surface area contributed by atoms with Gasteiger partial charge in [-0.1, -0.05) is 30.3 Å². The number of aliphatic hydroxyl groups is 1. The van der Waals surface area contributed by atoms with E-state index in [0.717, 1.165) is 31.7 Å². The summed E-state index contributed by atoms with van der Waals surface area (Å²) in [6.45, 7) is 1.59. The van der Waals surface area contributed by atoms with Crippen molar-refractivity contribution in [1.82, 2.24) is 4.90 Å². The highest BCUT2D eigenvalue weighted by Gasteiger charge is 2.43. The lowest BCUT2D eigenvalue weighted by Gasteiger charge is -2.27. The molecule has 1 amide bonds. The van der Waals surface area contributed by atoms with Crippen LogP contribution in [0.2, 0.25) is 0 Å². The van der Waals surface area contributed by atoms with E-state index in [1.165, 1.54) is 5.56 Å². The Morgan fingerprint density at radius 2 is 2.20 bits per heavy atom. The molecule has 0 spiro atoms. The zero-order valence-electron chi connectivity index (χ0n) is 11.6. The van der Waals surface area contributed by atoms with Crippen LogP contribution in [0.15, 0.2) is 30.3 Å². The Morgan fingerprint density at radius 1 is 1.40 bits per heavy atom. The quantitative estimate of drug-likeness (QED) is 0.925. The van der Waals surface area contributed by atoms with Gasteiger partial charge in [0.15, 0.2) is 5.60 Å². The number of nitrogens with zero attached hydrogens (tertiary/aromatic N) is 1. The summed E-state index contributed by atoms with van der Waals surface area (Å²) in [5.74, 6) is 1.94. The molecule has 1 N–H and O–H groups in total. The third kappa shape index (κ3) is 2.86. The van der Waals surface area contributed by atoms with Crippen molar-refractivity contribution in [3.8, 4) is 0 Å². The van der Waals surface area contributed by atoms with Gasteiger partial charge in [-0.25, -0.2) is 0 Å². The molecule has 3 nitrogen and oxygen atoms in total. The van der Waals surface area contributed by atoms with Crippen molar-refractivity contribution in [3.63, 3.8) is 0 Å². The highest BCUT2D eigenvalue weighted by atomic mass is 32.2. The van der Waals surface area contributed by atoms with Gasteiger partial charge in [-0.3, -0.25) is 4.79 Å². The molecule has 2 heterocycles. The van der Waals surface area contributed by atoms with Gasteiger partial charge in [0.2, 0.25) is 0 Å². The molecule has 2 unspecified atom stereocenters. The van der Waals surface area contributed by atoms with E-state index in [1.54, 1.807) is 11.8 Å². The Kier molecular flexibility index (Phi) is 4.03. The predicted octanol–water partition coefficient (Wildman–Crippen LogP) is 1.95. The van der Waals surface area contributed by atoms with Crippen molar-refractivity contribution in [2.24, 2.45) is 5.92 Å². The SMILES string of the molecule is O=C(N1CCC(Cc2ccccc2)C1)C1(O)CCSC1. The maximum absolute atomic E-state index is 12.4. The number of thioether (sulfide) groups is 1. The predicted molar refractivity (Wildman–Crippen MR) is 81.7 cm³/mol. The van der Waals surface area contributed by atoms with Gasteiger partial charge >= 0.3 is 0 Å². The van der Waals surface area contributed by atoms with Crippen LogP contribution < -0.4 is 0 Å². The van der Waals surface area contributed by atoms with Crippen LogP contribution in [0.5, 0.6) is 0 Å². The summed E-state index contributed by atoms with van der Waals surface area (Å²) >= 11 is 1.67. The summed E-state index contributed by atoms with van der Waals surface area (Å²) in [5.41, 5.74) is 0.244. The van der Waals surface area contributed by atoms with Crippen LogP contribution in [0, 0.1) is 5.92 Å². The summed E-state index contributed by atoms with van der Waals surface area (Å²) in [5, 5.41) is 10.4. The number of hydrogen-bond donors (Lipinski definition) is 1. The molecule has 2 fully saturated rings. The first kappa shape index (κ1) is 14.0. The number of rotatable bonds is 3. The van der Waals surface area contributed by atoms with Gasteiger partial charge in [0.25, 0.3) is 5.91 Å². The van der Waals surface area contributed by atoms with Crippen LogP contribution in [0.3, 0.4) is 0 Å². The van der Waals surface area contributed by atoms with Crippen LogP contribution >= 0.6 is 11.8 Å². The zero-order chi connectivity index (χ0) is 14.0. The van der Waals surface area contributed by atoms with E-state index < -0.39 is 5.60 Å². The lowest BCUT2D eigenvalue weighted by molar-refractivity contribution is -0.147. The average molecular weight is 291 g/mol. The van der Waals surface area contributed by atoms with E-state index in [4.69, 9.17) is 0 Å². The second-order valence-corrected chi connectivity index (χ2v) is 7.03. The minimum absolute atomic E-state index is 0.0435. The number of carbonyl (C=O) groups excluding carboxylic acids is 1. The molecule has 108 valence electrons. The average Bonchev–Trinajstić information content (AvgIpc) is 3.09. The largest absolute Gasteiger partial charge is 0.379 e. The summed E-state index contributed by atoms with van der Waals surface area (Å²) in [4.78, 5) is 14.3. The lowest BCUT2D eigenvalue weighted by atomic mass is 9.98. The van der Waals surface area contributed by atoms with E-state index in [0.29, 0.717) is 18.1 Å². The highest BCUT2D eigenvalue weighted by Crippen LogP contribution is 2.31. The van der Waals surface area contributed by atoms with Crippen molar-refractivity contribution >= 4 is 17.7 Å². The van der Waals surface area contributed by atoms with Crippen LogP contribution in [0.4, 0.5) is 0 Å². The second kappa shape index (κ2) is 5.78. The van der Waals surface area contributed by atoms with Crippen molar-refractivity contribution in [2.45, 2.75) is 24.9 Å². The Balaban J connectivity index is 1.58. The highest BCUT2D eigenvalue weighted by molar-refractivity contribution is 7.99. The molecule has 1 aromatic rings. The van der Waals surface area contributed by atoms with Gasteiger partial charge in [0, 0.05) is 18.8 Å². The van der Waals surface area contributed by atoms with E-state index in [2.05, 4.69) is 24.3 Å². The molecular formula is C16H21NO2S. The molecule has 2 atom stereocenters. The van der Waals surface area contributed by atoms with Crippen LogP contribution in [-0.2, 0) is 11.2 Å². The molecule has 20 heavy (non-hydrogen) atoms. The molecule has 0 aromatic heterocycles. The monoisotopic (exact) mass is 291 g/mol. The molecule has 0 aliphatic carbocycles. The molecule has 0 bridgehead atoms. The minimum Gasteiger partial charge on any atom is -0.379 e. The number of carbonyl (C=O) groups is 1. The molecule has 2 aliphatic rings. The first-order valence-corrected chi connectivity index (χ1v) is 8.46. The standard InChI is InChI=1S/C16H21NO2S/c18-15(16(19)7-9-20-12-16)17-8-6-14(11-17)10-13-4-2-1-3-5-13/h1-5,14,19H,6-12H2. The van der Waals surface area contributed by atoms with Gasteiger partial charge < -0.3 is 10.0 Å². The lowest BCUT2D eigenvalue weighted by Crippen LogP contribution is -2.48. The fourth-order valence-corrected chi connectivity index (χ4v) is 4.38. The summed E-state index contributed by atoms with van der Waals surface area (Å²) in [7, 11) is 0. The first-order valence-electron chi connectivity index (χ1n) is 7.31. The number of benzene rings is 1. The molecule has 4 heteroatoms. The molecule has 1 aromatic carbocycles. The molecule has 2 saturated heterocycles. The van der Waals surface area contributed by atoms with Crippen molar-refractivity contribution in [2.75, 3.05) is 24.6 Å². The first-order chi connectivity index (χ1) is 9.67. The minimum atomic E-state index is -1.09. The van der Waals surface area contributed by atoms with Crippen molar-refractivity contribution in [3.05, 3.63) is 35.9 Å². The van der Waals surface area contributed by atoms with E-state index in [-0.39, 0.29) is 5.91 Å². The summed E-state index contributed by atoms with van der Waals surface area (Å²) < 4.78 is 0. The third-order valence-electron chi connectivity index (χ3n) is 4.34. The Hall–Kier alpha value is -1.00. The summed E-state index contributed by atoms with van der Waals surface area (Å²) in [6, 6.07) is 10.4. The van der Waals surface area contributed by atoms with Gasteiger partial charge in [-0.15, -0.1) is 0 Å². The van der Waals surface area contributed by atoms with Gasteiger partial charge in [0.05, 0.1) is 0 Å². The Labute approximate surface area is 124 Å². The van der Waals surface area contributed by atoms with Crippen molar-refractivity contribution < 1.29 is 9.90 Å². The third-order valence-corrected chi connectivity index (χ3v) is 5.51. The van der Waals surface area contributed by atoms with Gasteiger partial charge in [0.1, 0.15) is 0 Å². The van der Waals surface area contributed by atoms with Crippen molar-refractivity contribution in [1.29, 1.82) is 0 Å².